The number of hydrogen-bond acceptors (Lipinski definition) is 6. The Morgan fingerprint density at radius 1 is 1.15 bits per heavy atom. The molecule has 0 fully saturated rings. The van der Waals surface area contributed by atoms with Crippen LogP contribution in [-0.4, -0.2) is 22.4 Å². The fraction of sp³-hybridized carbons (Fsp3) is 0.250. The summed E-state index contributed by atoms with van der Waals surface area (Å²) in [5, 5.41) is 11.1. The lowest BCUT2D eigenvalue weighted by molar-refractivity contribution is -0.115. The SMILES string of the molecule is CSCc1nnc(SC(C(=O)Nc2cc(C)ccc2C)c2ccccc2)o1. The van der Waals surface area contributed by atoms with Crippen molar-refractivity contribution in [3.05, 3.63) is 71.1 Å². The number of carbonyl (C=O) groups excluding carboxylic acids is 1. The zero-order valence-corrected chi connectivity index (χ0v) is 17.1. The summed E-state index contributed by atoms with van der Waals surface area (Å²) in [6, 6.07) is 15.6. The van der Waals surface area contributed by atoms with Gasteiger partial charge in [0.15, 0.2) is 0 Å². The number of benzene rings is 2. The first-order valence-electron chi connectivity index (χ1n) is 8.48. The lowest BCUT2D eigenvalue weighted by atomic mass is 10.1. The summed E-state index contributed by atoms with van der Waals surface area (Å²) >= 11 is 2.87. The first-order valence-corrected chi connectivity index (χ1v) is 10.7. The molecule has 5 nitrogen and oxygen atoms in total. The number of thioether (sulfide) groups is 2. The Balaban J connectivity index is 1.85. The van der Waals surface area contributed by atoms with Crippen LogP contribution in [0.15, 0.2) is 58.2 Å². The van der Waals surface area contributed by atoms with Crippen LogP contribution < -0.4 is 5.32 Å². The van der Waals surface area contributed by atoms with E-state index in [0.717, 1.165) is 22.4 Å². The molecular weight excluding hydrogens is 378 g/mol. The van der Waals surface area contributed by atoms with Crippen molar-refractivity contribution in [2.24, 2.45) is 0 Å². The van der Waals surface area contributed by atoms with E-state index in [0.29, 0.717) is 16.9 Å². The molecule has 0 aliphatic rings. The molecule has 2 aromatic carbocycles. The van der Waals surface area contributed by atoms with Crippen molar-refractivity contribution in [1.82, 2.24) is 10.2 Å². The van der Waals surface area contributed by atoms with Crippen LogP contribution in [0.4, 0.5) is 5.69 Å². The highest BCUT2D eigenvalue weighted by molar-refractivity contribution is 8.00. The van der Waals surface area contributed by atoms with Crippen LogP contribution in [0.2, 0.25) is 0 Å². The molecular formula is C20H21N3O2S2. The molecule has 1 heterocycles. The maximum Gasteiger partial charge on any atom is 0.277 e. The highest BCUT2D eigenvalue weighted by Gasteiger charge is 2.25. The average Bonchev–Trinajstić information content (AvgIpc) is 3.11. The van der Waals surface area contributed by atoms with Gasteiger partial charge in [-0.15, -0.1) is 10.2 Å². The van der Waals surface area contributed by atoms with E-state index in [1.165, 1.54) is 11.8 Å². The number of hydrogen-bond donors (Lipinski definition) is 1. The van der Waals surface area contributed by atoms with Gasteiger partial charge in [0, 0.05) is 5.69 Å². The summed E-state index contributed by atoms with van der Waals surface area (Å²) in [6.45, 7) is 3.98. The van der Waals surface area contributed by atoms with E-state index in [1.807, 2.05) is 68.6 Å². The summed E-state index contributed by atoms with van der Waals surface area (Å²) < 4.78 is 5.66. The summed E-state index contributed by atoms with van der Waals surface area (Å²) in [7, 11) is 0. The topological polar surface area (TPSA) is 68.0 Å². The Morgan fingerprint density at radius 2 is 1.93 bits per heavy atom. The second-order valence-electron chi connectivity index (χ2n) is 6.11. The predicted molar refractivity (Wildman–Crippen MR) is 111 cm³/mol. The number of rotatable bonds is 7. The molecule has 1 unspecified atom stereocenters. The van der Waals surface area contributed by atoms with Gasteiger partial charge in [-0.25, -0.2) is 0 Å². The van der Waals surface area contributed by atoms with E-state index < -0.39 is 5.25 Å². The number of carbonyl (C=O) groups is 1. The molecule has 27 heavy (non-hydrogen) atoms. The van der Waals surface area contributed by atoms with E-state index in [-0.39, 0.29) is 5.91 Å². The average molecular weight is 400 g/mol. The van der Waals surface area contributed by atoms with Crippen molar-refractivity contribution in [2.45, 2.75) is 30.1 Å². The quantitative estimate of drug-likeness (QED) is 0.563. The summed E-state index contributed by atoms with van der Waals surface area (Å²) in [5.74, 6) is 1.09. The number of aryl methyl sites for hydroxylation is 2. The van der Waals surface area contributed by atoms with E-state index >= 15 is 0 Å². The van der Waals surface area contributed by atoms with Gasteiger partial charge >= 0.3 is 0 Å². The van der Waals surface area contributed by atoms with Gasteiger partial charge in [-0.05, 0) is 54.6 Å². The normalized spacial score (nSPS) is 12.0. The van der Waals surface area contributed by atoms with Gasteiger partial charge in [0.05, 0.1) is 5.75 Å². The van der Waals surface area contributed by atoms with Crippen molar-refractivity contribution in [3.8, 4) is 0 Å². The van der Waals surface area contributed by atoms with Crippen LogP contribution in [0.3, 0.4) is 0 Å². The minimum atomic E-state index is -0.492. The molecule has 1 atom stereocenters. The molecule has 0 aliphatic heterocycles. The molecule has 0 saturated heterocycles. The minimum absolute atomic E-state index is 0.121. The smallest absolute Gasteiger partial charge is 0.277 e. The maximum absolute atomic E-state index is 13.1. The number of nitrogens with one attached hydrogen (secondary N) is 1. The van der Waals surface area contributed by atoms with Crippen LogP contribution in [0, 0.1) is 13.8 Å². The second-order valence-corrected chi connectivity index (χ2v) is 8.03. The van der Waals surface area contributed by atoms with Crippen molar-refractivity contribution in [1.29, 1.82) is 0 Å². The predicted octanol–water partition coefficient (Wildman–Crippen LogP) is 5.02. The first kappa shape index (κ1) is 19.5. The summed E-state index contributed by atoms with van der Waals surface area (Å²) in [6.07, 6.45) is 1.97. The first-order chi connectivity index (χ1) is 13.1. The van der Waals surface area contributed by atoms with E-state index in [2.05, 4.69) is 15.5 Å². The maximum atomic E-state index is 13.1. The van der Waals surface area contributed by atoms with Crippen molar-refractivity contribution in [2.75, 3.05) is 11.6 Å². The van der Waals surface area contributed by atoms with Gasteiger partial charge in [0.2, 0.25) is 11.8 Å². The lowest BCUT2D eigenvalue weighted by Crippen LogP contribution is -2.19. The molecule has 0 bridgehead atoms. The van der Waals surface area contributed by atoms with E-state index in [9.17, 15) is 4.79 Å². The largest absolute Gasteiger partial charge is 0.415 e. The third kappa shape index (κ3) is 5.14. The Bertz CT molecular complexity index is 913. The zero-order chi connectivity index (χ0) is 19.2. The summed E-state index contributed by atoms with van der Waals surface area (Å²) in [4.78, 5) is 13.1. The monoisotopic (exact) mass is 399 g/mol. The second kappa shape index (κ2) is 9.10. The van der Waals surface area contributed by atoms with E-state index in [4.69, 9.17) is 4.42 Å². The highest BCUT2D eigenvalue weighted by Crippen LogP contribution is 2.36. The Kier molecular flexibility index (Phi) is 6.58. The number of anilines is 1. The Morgan fingerprint density at radius 3 is 2.67 bits per heavy atom. The zero-order valence-electron chi connectivity index (χ0n) is 15.4. The van der Waals surface area contributed by atoms with Crippen LogP contribution in [-0.2, 0) is 10.5 Å². The molecule has 0 aliphatic carbocycles. The fourth-order valence-electron chi connectivity index (χ4n) is 2.54. The molecule has 3 aromatic rings. The molecule has 1 aromatic heterocycles. The standard InChI is InChI=1S/C20H21N3O2S2/c1-13-9-10-14(2)16(11-13)21-19(24)18(15-7-5-4-6-8-15)27-20-23-22-17(25-20)12-26-3/h4-11,18H,12H2,1-3H3,(H,21,24). The van der Waals surface area contributed by atoms with Gasteiger partial charge in [-0.1, -0.05) is 42.5 Å². The molecule has 140 valence electrons. The molecule has 0 radical (unpaired) electrons. The number of amides is 1. The fourth-order valence-corrected chi connectivity index (χ4v) is 3.79. The van der Waals surface area contributed by atoms with Crippen molar-refractivity contribution in [3.63, 3.8) is 0 Å². The Hall–Kier alpha value is -2.25. The molecule has 1 N–H and O–H groups in total. The van der Waals surface area contributed by atoms with Crippen molar-refractivity contribution < 1.29 is 9.21 Å². The highest BCUT2D eigenvalue weighted by atomic mass is 32.2. The molecule has 0 saturated carbocycles. The molecule has 1 amide bonds. The Labute approximate surface area is 167 Å². The van der Waals surface area contributed by atoms with Gasteiger partial charge in [-0.2, -0.15) is 11.8 Å². The van der Waals surface area contributed by atoms with Crippen LogP contribution in [0.25, 0.3) is 0 Å². The molecule has 7 heteroatoms. The third-order valence-electron chi connectivity index (χ3n) is 3.93. The van der Waals surface area contributed by atoms with Gasteiger partial charge in [0.1, 0.15) is 5.25 Å². The van der Waals surface area contributed by atoms with E-state index in [1.54, 1.807) is 11.8 Å². The van der Waals surface area contributed by atoms with Crippen LogP contribution in [0.1, 0.15) is 27.8 Å². The molecule has 0 spiro atoms. The van der Waals surface area contributed by atoms with Gasteiger partial charge < -0.3 is 9.73 Å². The number of aromatic nitrogens is 2. The summed E-state index contributed by atoms with van der Waals surface area (Å²) in [5.41, 5.74) is 3.81. The van der Waals surface area contributed by atoms with Crippen LogP contribution >= 0.6 is 23.5 Å². The van der Waals surface area contributed by atoms with Gasteiger partial charge in [0.25, 0.3) is 5.22 Å². The minimum Gasteiger partial charge on any atom is -0.415 e. The molecule has 3 rings (SSSR count). The third-order valence-corrected chi connectivity index (χ3v) is 5.55. The number of nitrogens with zero attached hydrogens (tertiary/aromatic N) is 2. The lowest BCUT2D eigenvalue weighted by Gasteiger charge is -2.16. The van der Waals surface area contributed by atoms with Crippen molar-refractivity contribution >= 4 is 35.1 Å². The van der Waals surface area contributed by atoms with Crippen LogP contribution in [0.5, 0.6) is 0 Å². The van der Waals surface area contributed by atoms with Gasteiger partial charge in [-0.3, -0.25) is 4.79 Å².